The van der Waals surface area contributed by atoms with Crippen LogP contribution in [0.2, 0.25) is 5.02 Å². The normalized spacial score (nSPS) is 18.3. The van der Waals surface area contributed by atoms with E-state index in [2.05, 4.69) is 5.32 Å². The Balaban J connectivity index is 1.77. The van der Waals surface area contributed by atoms with Gasteiger partial charge in [0, 0.05) is 37.7 Å². The lowest BCUT2D eigenvalue weighted by Gasteiger charge is -2.35. The summed E-state index contributed by atoms with van der Waals surface area (Å²) in [5, 5.41) is 13.3. The van der Waals surface area contributed by atoms with Gasteiger partial charge in [0.2, 0.25) is 5.43 Å². The van der Waals surface area contributed by atoms with Crippen LogP contribution in [0, 0.1) is 5.82 Å². The summed E-state index contributed by atoms with van der Waals surface area (Å²) >= 11 is 5.81. The van der Waals surface area contributed by atoms with Crippen LogP contribution in [0.3, 0.4) is 0 Å². The Morgan fingerprint density at radius 1 is 1.24 bits per heavy atom. The van der Waals surface area contributed by atoms with Crippen molar-refractivity contribution in [2.75, 3.05) is 13.1 Å². The van der Waals surface area contributed by atoms with Crippen molar-refractivity contribution in [3.63, 3.8) is 0 Å². The Labute approximate surface area is 170 Å². The predicted octanol–water partition coefficient (Wildman–Crippen LogP) is 2.24. The molecule has 3 heterocycles. The second-order valence-corrected chi connectivity index (χ2v) is 7.64. The first-order chi connectivity index (χ1) is 13.8. The highest BCUT2D eigenvalue weighted by Crippen LogP contribution is 2.31. The van der Waals surface area contributed by atoms with Crippen LogP contribution in [0.4, 0.5) is 4.39 Å². The van der Waals surface area contributed by atoms with Gasteiger partial charge in [-0.05, 0) is 24.1 Å². The molecule has 9 heteroatoms. The topological polar surface area (TPSA) is 91.6 Å². The standard InChI is InChI=1S/C20H19ClFN3O4/c1-2-11-8-23-19(28)15-14(11)17(26)18(27)16-20(29)24(5-6-25(15)16)9-10-3-4-13(22)12(21)7-10/h3-4,7,11,27H,2,5-6,8-9H2,1H3,(H,23,28). The number of amides is 2. The lowest BCUT2D eigenvalue weighted by Crippen LogP contribution is -2.47. The zero-order valence-corrected chi connectivity index (χ0v) is 16.4. The summed E-state index contributed by atoms with van der Waals surface area (Å²) in [6.07, 6.45) is 0.618. The van der Waals surface area contributed by atoms with Crippen molar-refractivity contribution >= 4 is 23.4 Å². The van der Waals surface area contributed by atoms with Crippen LogP contribution in [-0.4, -0.2) is 39.5 Å². The Morgan fingerprint density at radius 2 is 2.00 bits per heavy atom. The van der Waals surface area contributed by atoms with E-state index >= 15 is 0 Å². The number of carbonyl (C=O) groups excluding carboxylic acids is 2. The molecule has 0 fully saturated rings. The molecule has 0 saturated heterocycles. The van der Waals surface area contributed by atoms with E-state index in [4.69, 9.17) is 11.6 Å². The molecule has 0 aliphatic carbocycles. The number of nitrogens with zero attached hydrogens (tertiary/aromatic N) is 2. The van der Waals surface area contributed by atoms with Gasteiger partial charge in [-0.15, -0.1) is 0 Å². The van der Waals surface area contributed by atoms with Gasteiger partial charge in [0.15, 0.2) is 11.4 Å². The molecule has 0 radical (unpaired) electrons. The molecule has 2 aromatic rings. The second-order valence-electron chi connectivity index (χ2n) is 7.23. The molecule has 2 aliphatic heterocycles. The molecule has 29 heavy (non-hydrogen) atoms. The monoisotopic (exact) mass is 419 g/mol. The molecular weight excluding hydrogens is 401 g/mol. The summed E-state index contributed by atoms with van der Waals surface area (Å²) in [6.45, 7) is 2.86. The van der Waals surface area contributed by atoms with Crippen LogP contribution in [0.5, 0.6) is 5.75 Å². The van der Waals surface area contributed by atoms with E-state index in [0.717, 1.165) is 0 Å². The van der Waals surface area contributed by atoms with E-state index in [0.29, 0.717) is 18.5 Å². The van der Waals surface area contributed by atoms with Crippen LogP contribution in [0.1, 0.15) is 51.4 Å². The summed E-state index contributed by atoms with van der Waals surface area (Å²) in [4.78, 5) is 39.8. The van der Waals surface area contributed by atoms with Crippen molar-refractivity contribution in [1.82, 2.24) is 14.8 Å². The number of aromatic nitrogens is 1. The first kappa shape index (κ1) is 19.4. The highest BCUT2D eigenvalue weighted by Gasteiger charge is 2.38. The molecule has 4 rings (SSSR count). The summed E-state index contributed by atoms with van der Waals surface area (Å²) in [5.74, 6) is -2.40. The van der Waals surface area contributed by atoms with E-state index in [1.807, 2.05) is 6.92 Å². The van der Waals surface area contributed by atoms with Gasteiger partial charge in [0.05, 0.1) is 5.02 Å². The van der Waals surface area contributed by atoms with Crippen LogP contribution in [0.25, 0.3) is 0 Å². The maximum atomic E-state index is 13.4. The van der Waals surface area contributed by atoms with E-state index < -0.39 is 28.8 Å². The Hall–Kier alpha value is -2.87. The Bertz CT molecular complexity index is 1100. The van der Waals surface area contributed by atoms with Crippen molar-refractivity contribution in [3.8, 4) is 5.75 Å². The van der Waals surface area contributed by atoms with Gasteiger partial charge in [-0.2, -0.15) is 0 Å². The lowest BCUT2D eigenvalue weighted by atomic mass is 9.89. The van der Waals surface area contributed by atoms with Crippen LogP contribution >= 0.6 is 11.6 Å². The predicted molar refractivity (Wildman–Crippen MR) is 104 cm³/mol. The molecule has 2 aliphatic rings. The number of hydrogen-bond acceptors (Lipinski definition) is 4. The van der Waals surface area contributed by atoms with Gasteiger partial charge < -0.3 is 19.9 Å². The zero-order valence-electron chi connectivity index (χ0n) is 15.7. The highest BCUT2D eigenvalue weighted by molar-refractivity contribution is 6.30. The largest absolute Gasteiger partial charge is 0.503 e. The average molecular weight is 420 g/mol. The SMILES string of the molecule is CCC1CNC(=O)c2c1c(=O)c(O)c1n2CCN(Cc2ccc(F)c(Cl)c2)C1=O. The van der Waals surface area contributed by atoms with Gasteiger partial charge >= 0.3 is 0 Å². The van der Waals surface area contributed by atoms with Crippen molar-refractivity contribution in [3.05, 3.63) is 61.8 Å². The van der Waals surface area contributed by atoms with Gasteiger partial charge in [-0.1, -0.05) is 24.6 Å². The summed E-state index contributed by atoms with van der Waals surface area (Å²) in [6, 6.07) is 4.16. The zero-order chi connectivity index (χ0) is 20.9. The minimum Gasteiger partial charge on any atom is -0.503 e. The minimum absolute atomic E-state index is 0.0530. The molecule has 0 bridgehead atoms. The van der Waals surface area contributed by atoms with Gasteiger partial charge in [0.1, 0.15) is 11.5 Å². The first-order valence-corrected chi connectivity index (χ1v) is 9.72. The molecule has 7 nitrogen and oxygen atoms in total. The number of hydrogen-bond donors (Lipinski definition) is 2. The Kier molecular flexibility index (Phi) is 4.82. The third-order valence-corrected chi connectivity index (χ3v) is 5.83. The molecule has 0 spiro atoms. The molecule has 1 atom stereocenters. The van der Waals surface area contributed by atoms with Crippen LogP contribution in [0.15, 0.2) is 23.0 Å². The van der Waals surface area contributed by atoms with E-state index in [1.165, 1.54) is 27.7 Å². The number of nitrogens with one attached hydrogen (secondary N) is 1. The summed E-state index contributed by atoms with van der Waals surface area (Å²) < 4.78 is 14.8. The van der Waals surface area contributed by atoms with Crippen LogP contribution < -0.4 is 10.7 Å². The number of halogens is 2. The molecule has 152 valence electrons. The average Bonchev–Trinajstić information content (AvgIpc) is 2.70. The summed E-state index contributed by atoms with van der Waals surface area (Å²) in [5.41, 5.74) is 0.165. The number of carbonyl (C=O) groups is 2. The number of benzene rings is 1. The molecular formula is C20H19ClFN3O4. The third-order valence-electron chi connectivity index (χ3n) is 5.54. The molecule has 1 aromatic carbocycles. The fraction of sp³-hybridized carbons (Fsp3) is 0.350. The fourth-order valence-electron chi connectivity index (χ4n) is 4.02. The quantitative estimate of drug-likeness (QED) is 0.798. The second kappa shape index (κ2) is 7.18. The Morgan fingerprint density at radius 3 is 2.69 bits per heavy atom. The van der Waals surface area contributed by atoms with Crippen molar-refractivity contribution in [2.45, 2.75) is 32.4 Å². The van der Waals surface area contributed by atoms with E-state index in [-0.39, 0.29) is 47.5 Å². The smallest absolute Gasteiger partial charge is 0.274 e. The molecule has 0 saturated carbocycles. The minimum atomic E-state index is -0.673. The molecule has 2 amide bonds. The summed E-state index contributed by atoms with van der Waals surface area (Å²) in [7, 11) is 0. The van der Waals surface area contributed by atoms with E-state index in [9.17, 15) is 23.9 Å². The maximum Gasteiger partial charge on any atom is 0.274 e. The van der Waals surface area contributed by atoms with Crippen molar-refractivity contribution in [1.29, 1.82) is 0 Å². The number of rotatable bonds is 3. The van der Waals surface area contributed by atoms with Crippen molar-refractivity contribution in [2.24, 2.45) is 0 Å². The first-order valence-electron chi connectivity index (χ1n) is 9.34. The maximum absolute atomic E-state index is 13.4. The highest BCUT2D eigenvalue weighted by atomic mass is 35.5. The third kappa shape index (κ3) is 3.07. The van der Waals surface area contributed by atoms with Gasteiger partial charge in [0.25, 0.3) is 11.8 Å². The molecule has 1 aromatic heterocycles. The fourth-order valence-corrected chi connectivity index (χ4v) is 4.23. The number of aromatic hydroxyl groups is 1. The lowest BCUT2D eigenvalue weighted by molar-refractivity contribution is 0.0678. The van der Waals surface area contributed by atoms with Crippen molar-refractivity contribution < 1.29 is 19.1 Å². The van der Waals surface area contributed by atoms with Crippen LogP contribution in [-0.2, 0) is 13.1 Å². The molecule has 2 N–H and O–H groups in total. The number of pyridine rings is 1. The van der Waals surface area contributed by atoms with Gasteiger partial charge in [-0.3, -0.25) is 14.4 Å². The molecule has 1 unspecified atom stereocenters. The number of fused-ring (bicyclic) bond motifs is 3. The van der Waals surface area contributed by atoms with Gasteiger partial charge in [-0.25, -0.2) is 4.39 Å². The van der Waals surface area contributed by atoms with E-state index in [1.54, 1.807) is 0 Å².